The zero-order valence-corrected chi connectivity index (χ0v) is 13.9. The van der Waals surface area contributed by atoms with Gasteiger partial charge >= 0.3 is 0 Å². The summed E-state index contributed by atoms with van der Waals surface area (Å²) in [7, 11) is 0. The van der Waals surface area contributed by atoms with E-state index in [0.29, 0.717) is 0 Å². The largest absolute Gasteiger partial charge is 0.0622 e. The van der Waals surface area contributed by atoms with Gasteiger partial charge < -0.3 is 0 Å². The third kappa shape index (κ3) is 1.74. The molecule has 0 nitrogen and oxygen atoms in total. The Morgan fingerprint density at radius 3 is 2.04 bits per heavy atom. The van der Waals surface area contributed by atoms with Crippen molar-refractivity contribution in [2.45, 2.75) is 13.8 Å². The Morgan fingerprint density at radius 1 is 0.542 bits per heavy atom. The summed E-state index contributed by atoms with van der Waals surface area (Å²) in [4.78, 5) is 0. The second-order valence-electron chi connectivity index (χ2n) is 6.74. The maximum Gasteiger partial charge on any atom is -0.00203 e. The Balaban J connectivity index is 2.06. The Kier molecular flexibility index (Phi) is 2.72. The summed E-state index contributed by atoms with van der Waals surface area (Å²) in [6.45, 7) is 4.43. The summed E-state index contributed by atoms with van der Waals surface area (Å²) in [5, 5.41) is 8.20. The molecule has 0 N–H and O–H groups in total. The molecule has 0 aliphatic heterocycles. The molecular weight excluding hydrogens is 288 g/mol. The van der Waals surface area contributed by atoms with Gasteiger partial charge in [0.15, 0.2) is 0 Å². The third-order valence-electron chi connectivity index (χ3n) is 5.26. The maximum absolute atomic E-state index is 2.34. The van der Waals surface area contributed by atoms with Gasteiger partial charge in [-0.3, -0.25) is 0 Å². The second kappa shape index (κ2) is 4.82. The van der Waals surface area contributed by atoms with Crippen LogP contribution < -0.4 is 0 Å². The zero-order valence-electron chi connectivity index (χ0n) is 13.9. The fourth-order valence-electron chi connectivity index (χ4n) is 4.16. The van der Waals surface area contributed by atoms with Crippen molar-refractivity contribution in [3.63, 3.8) is 0 Å². The first-order valence-corrected chi connectivity index (χ1v) is 8.47. The van der Waals surface area contributed by atoms with Crippen LogP contribution in [0.4, 0.5) is 0 Å². The van der Waals surface area contributed by atoms with E-state index in [4.69, 9.17) is 0 Å². The standard InChI is InChI=1S/C24H18/c1-15-8-9-18-10-11-19-14-16(2)22(17-6-4-3-5-7-17)21-13-12-20(15)23(18)24(19)21/h3-14H,1-2H3. The molecule has 5 aromatic carbocycles. The van der Waals surface area contributed by atoms with E-state index in [0.717, 1.165) is 0 Å². The highest BCUT2D eigenvalue weighted by molar-refractivity contribution is 6.26. The molecule has 0 unspecified atom stereocenters. The first kappa shape index (κ1) is 13.6. The Hall–Kier alpha value is -2.86. The quantitative estimate of drug-likeness (QED) is 0.296. The van der Waals surface area contributed by atoms with Crippen molar-refractivity contribution in [3.8, 4) is 11.1 Å². The van der Waals surface area contributed by atoms with Crippen LogP contribution in [0, 0.1) is 13.8 Å². The smallest absolute Gasteiger partial charge is 0.00203 e. The number of aryl methyl sites for hydroxylation is 2. The summed E-state index contributed by atoms with van der Waals surface area (Å²) in [5.74, 6) is 0. The van der Waals surface area contributed by atoms with Crippen LogP contribution in [0.1, 0.15) is 11.1 Å². The fraction of sp³-hybridized carbons (Fsp3) is 0.0833. The molecule has 0 atom stereocenters. The van der Waals surface area contributed by atoms with Gasteiger partial charge in [0.05, 0.1) is 0 Å². The van der Waals surface area contributed by atoms with Crippen molar-refractivity contribution < 1.29 is 0 Å². The summed E-state index contributed by atoms with van der Waals surface area (Å²) < 4.78 is 0. The molecule has 0 aliphatic carbocycles. The molecule has 0 bridgehead atoms. The van der Waals surface area contributed by atoms with Crippen molar-refractivity contribution >= 4 is 32.3 Å². The monoisotopic (exact) mass is 306 g/mol. The van der Waals surface area contributed by atoms with Crippen molar-refractivity contribution in [3.05, 3.63) is 83.9 Å². The highest BCUT2D eigenvalue weighted by atomic mass is 14.2. The van der Waals surface area contributed by atoms with E-state index in [1.54, 1.807) is 0 Å². The molecule has 0 aromatic heterocycles. The van der Waals surface area contributed by atoms with E-state index >= 15 is 0 Å². The molecule has 0 heteroatoms. The highest BCUT2D eigenvalue weighted by Gasteiger charge is 2.14. The van der Waals surface area contributed by atoms with E-state index in [1.165, 1.54) is 54.6 Å². The van der Waals surface area contributed by atoms with Crippen molar-refractivity contribution in [1.82, 2.24) is 0 Å². The molecule has 0 spiro atoms. The zero-order chi connectivity index (χ0) is 16.3. The van der Waals surface area contributed by atoms with Gasteiger partial charge in [0.2, 0.25) is 0 Å². The van der Waals surface area contributed by atoms with E-state index < -0.39 is 0 Å². The minimum Gasteiger partial charge on any atom is -0.0622 e. The lowest BCUT2D eigenvalue weighted by atomic mass is 9.86. The summed E-state index contributed by atoms with van der Waals surface area (Å²) in [6.07, 6.45) is 0. The van der Waals surface area contributed by atoms with Gasteiger partial charge in [-0.05, 0) is 68.4 Å². The molecule has 0 radical (unpaired) electrons. The molecule has 5 rings (SSSR count). The van der Waals surface area contributed by atoms with Gasteiger partial charge in [-0.15, -0.1) is 0 Å². The number of hydrogen-bond acceptors (Lipinski definition) is 0. The molecule has 5 aromatic rings. The van der Waals surface area contributed by atoms with E-state index in [1.807, 2.05) is 0 Å². The van der Waals surface area contributed by atoms with Gasteiger partial charge in [-0.2, -0.15) is 0 Å². The fourth-order valence-corrected chi connectivity index (χ4v) is 4.16. The lowest BCUT2D eigenvalue weighted by Crippen LogP contribution is -1.91. The van der Waals surface area contributed by atoms with Crippen LogP contribution in [0.25, 0.3) is 43.4 Å². The number of rotatable bonds is 1. The normalized spacial score (nSPS) is 11.8. The predicted octanol–water partition coefficient (Wildman–Crippen LogP) is 6.87. The predicted molar refractivity (Wildman–Crippen MR) is 105 cm³/mol. The molecule has 0 heterocycles. The van der Waals surface area contributed by atoms with Crippen molar-refractivity contribution in [2.75, 3.05) is 0 Å². The number of benzene rings is 5. The van der Waals surface area contributed by atoms with Crippen LogP contribution in [-0.4, -0.2) is 0 Å². The molecule has 114 valence electrons. The SMILES string of the molecule is Cc1cc2ccc3ccc(C)c4ccc(c1-c1ccccc1)c2c34. The van der Waals surface area contributed by atoms with Gasteiger partial charge in [0, 0.05) is 0 Å². The first-order chi connectivity index (χ1) is 11.7. The van der Waals surface area contributed by atoms with Crippen LogP contribution in [0.3, 0.4) is 0 Å². The van der Waals surface area contributed by atoms with Crippen molar-refractivity contribution in [1.29, 1.82) is 0 Å². The molecule has 24 heavy (non-hydrogen) atoms. The van der Waals surface area contributed by atoms with Gasteiger partial charge in [0.1, 0.15) is 0 Å². The average Bonchev–Trinajstić information content (AvgIpc) is 2.61. The second-order valence-corrected chi connectivity index (χ2v) is 6.74. The van der Waals surface area contributed by atoms with Crippen molar-refractivity contribution in [2.24, 2.45) is 0 Å². The Bertz CT molecular complexity index is 1200. The van der Waals surface area contributed by atoms with Crippen LogP contribution in [0.5, 0.6) is 0 Å². The lowest BCUT2D eigenvalue weighted by Gasteiger charge is -2.17. The maximum atomic E-state index is 2.34. The minimum absolute atomic E-state index is 1.30. The Morgan fingerprint density at radius 2 is 1.21 bits per heavy atom. The molecular formula is C24H18. The first-order valence-electron chi connectivity index (χ1n) is 8.47. The van der Waals surface area contributed by atoms with E-state index in [-0.39, 0.29) is 0 Å². The third-order valence-corrected chi connectivity index (χ3v) is 5.26. The molecule has 0 fully saturated rings. The summed E-state index contributed by atoms with van der Waals surface area (Å²) >= 11 is 0. The Labute approximate surface area is 141 Å². The van der Waals surface area contributed by atoms with E-state index in [9.17, 15) is 0 Å². The molecule has 0 aliphatic rings. The summed E-state index contributed by atoms with van der Waals surface area (Å²) in [5.41, 5.74) is 5.34. The lowest BCUT2D eigenvalue weighted by molar-refractivity contribution is 1.50. The van der Waals surface area contributed by atoms with Crippen LogP contribution >= 0.6 is 0 Å². The van der Waals surface area contributed by atoms with Crippen LogP contribution in [-0.2, 0) is 0 Å². The highest BCUT2D eigenvalue weighted by Crippen LogP contribution is 2.41. The summed E-state index contributed by atoms with van der Waals surface area (Å²) in [6, 6.07) is 26.7. The van der Waals surface area contributed by atoms with Gasteiger partial charge in [-0.1, -0.05) is 72.8 Å². The van der Waals surface area contributed by atoms with E-state index in [2.05, 4.69) is 86.6 Å². The average molecular weight is 306 g/mol. The molecule has 0 saturated heterocycles. The van der Waals surface area contributed by atoms with Crippen LogP contribution in [0.15, 0.2) is 72.8 Å². The topological polar surface area (TPSA) is 0 Å². The molecule has 0 saturated carbocycles. The minimum atomic E-state index is 1.30. The van der Waals surface area contributed by atoms with Gasteiger partial charge in [-0.25, -0.2) is 0 Å². The number of hydrogen-bond donors (Lipinski definition) is 0. The van der Waals surface area contributed by atoms with Gasteiger partial charge in [0.25, 0.3) is 0 Å². The van der Waals surface area contributed by atoms with Crippen LogP contribution in [0.2, 0.25) is 0 Å². The molecule has 0 amide bonds.